The zero-order valence-corrected chi connectivity index (χ0v) is 16.5. The number of rotatable bonds is 6. The Morgan fingerprint density at radius 2 is 2.04 bits per heavy atom. The summed E-state index contributed by atoms with van der Waals surface area (Å²) in [4.78, 5) is 30.8. The number of anilines is 1. The molecule has 1 aliphatic heterocycles. The Morgan fingerprint density at radius 1 is 1.30 bits per heavy atom. The second kappa shape index (κ2) is 8.63. The van der Waals surface area contributed by atoms with E-state index >= 15 is 0 Å². The molecule has 0 unspecified atom stereocenters. The summed E-state index contributed by atoms with van der Waals surface area (Å²) in [5.41, 5.74) is 7.88. The van der Waals surface area contributed by atoms with Crippen LogP contribution < -0.4 is 11.1 Å². The fourth-order valence-electron chi connectivity index (χ4n) is 3.35. The van der Waals surface area contributed by atoms with Gasteiger partial charge in [0.25, 0.3) is 0 Å². The van der Waals surface area contributed by atoms with E-state index in [2.05, 4.69) is 22.4 Å². The number of thiazole rings is 1. The second-order valence-corrected chi connectivity index (χ2v) is 8.13. The number of likely N-dealkylation sites (tertiary alicyclic amines) is 1. The maximum atomic E-state index is 12.8. The van der Waals surface area contributed by atoms with Gasteiger partial charge in [-0.15, -0.1) is 11.3 Å². The molecule has 7 heteroatoms. The maximum Gasteiger partial charge on any atom is 0.228 e. The molecule has 0 aliphatic carbocycles. The molecule has 6 nitrogen and oxygen atoms in total. The summed E-state index contributed by atoms with van der Waals surface area (Å²) in [6.45, 7) is 5.59. The van der Waals surface area contributed by atoms with Crippen molar-refractivity contribution >= 4 is 28.3 Å². The largest absolute Gasteiger partial charge is 0.341 e. The maximum absolute atomic E-state index is 12.8. The molecule has 0 spiro atoms. The Hall–Kier alpha value is -2.25. The molecule has 2 heterocycles. The lowest BCUT2D eigenvalue weighted by Crippen LogP contribution is -2.31. The molecule has 1 fully saturated rings. The lowest BCUT2D eigenvalue weighted by molar-refractivity contribution is -0.129. The fourth-order valence-corrected chi connectivity index (χ4v) is 4.07. The van der Waals surface area contributed by atoms with Gasteiger partial charge in [0.2, 0.25) is 11.8 Å². The van der Waals surface area contributed by atoms with Gasteiger partial charge in [-0.1, -0.05) is 44.2 Å². The molecule has 144 valence electrons. The number of amides is 2. The molecule has 0 radical (unpaired) electrons. The number of nitrogens with zero attached hydrogens (tertiary/aromatic N) is 2. The molecule has 1 saturated heterocycles. The minimum atomic E-state index is -0.105. The first kappa shape index (κ1) is 19.5. The van der Waals surface area contributed by atoms with Crippen LogP contribution in [0.25, 0.3) is 0 Å². The van der Waals surface area contributed by atoms with Crippen molar-refractivity contribution in [2.75, 3.05) is 25.0 Å². The highest BCUT2D eigenvalue weighted by Crippen LogP contribution is 2.32. The van der Waals surface area contributed by atoms with E-state index in [-0.39, 0.29) is 36.0 Å². The smallest absolute Gasteiger partial charge is 0.228 e. The van der Waals surface area contributed by atoms with E-state index in [9.17, 15) is 9.59 Å². The SMILES string of the molecule is CC(C)C(=O)Nc1nc(CC(=O)N2C[C@@H](CN)[C@H](c3ccccc3)C2)cs1. The molecule has 2 amide bonds. The van der Waals surface area contributed by atoms with Crippen LogP contribution in [0.4, 0.5) is 5.13 Å². The van der Waals surface area contributed by atoms with Crippen LogP contribution in [0.5, 0.6) is 0 Å². The van der Waals surface area contributed by atoms with Gasteiger partial charge >= 0.3 is 0 Å². The summed E-state index contributed by atoms with van der Waals surface area (Å²) < 4.78 is 0. The average Bonchev–Trinajstić information content (AvgIpc) is 3.29. The van der Waals surface area contributed by atoms with Crippen molar-refractivity contribution in [1.29, 1.82) is 0 Å². The van der Waals surface area contributed by atoms with Gasteiger partial charge in [-0.05, 0) is 18.0 Å². The predicted octanol–water partition coefficient (Wildman–Crippen LogP) is 2.48. The third-order valence-electron chi connectivity index (χ3n) is 4.96. The minimum absolute atomic E-state index is 0.0546. The third kappa shape index (κ3) is 4.73. The minimum Gasteiger partial charge on any atom is -0.341 e. The Kier molecular flexibility index (Phi) is 6.23. The van der Waals surface area contributed by atoms with Crippen molar-refractivity contribution < 1.29 is 9.59 Å². The topological polar surface area (TPSA) is 88.3 Å². The van der Waals surface area contributed by atoms with E-state index in [1.54, 1.807) is 0 Å². The van der Waals surface area contributed by atoms with Gasteiger partial charge in [-0.3, -0.25) is 9.59 Å². The lowest BCUT2D eigenvalue weighted by atomic mass is 9.89. The van der Waals surface area contributed by atoms with Crippen molar-refractivity contribution in [2.24, 2.45) is 17.6 Å². The summed E-state index contributed by atoms with van der Waals surface area (Å²) >= 11 is 1.35. The summed E-state index contributed by atoms with van der Waals surface area (Å²) in [6.07, 6.45) is 0.243. The Balaban J connectivity index is 1.62. The van der Waals surface area contributed by atoms with Gasteiger partial charge in [0.05, 0.1) is 12.1 Å². The van der Waals surface area contributed by atoms with E-state index in [4.69, 9.17) is 5.73 Å². The number of nitrogens with one attached hydrogen (secondary N) is 1. The van der Waals surface area contributed by atoms with E-state index in [0.717, 1.165) is 0 Å². The fraction of sp³-hybridized carbons (Fsp3) is 0.450. The summed E-state index contributed by atoms with van der Waals surface area (Å²) in [7, 11) is 0. The predicted molar refractivity (Wildman–Crippen MR) is 108 cm³/mol. The monoisotopic (exact) mass is 386 g/mol. The highest BCUT2D eigenvalue weighted by atomic mass is 32.1. The van der Waals surface area contributed by atoms with E-state index in [1.165, 1.54) is 16.9 Å². The highest BCUT2D eigenvalue weighted by molar-refractivity contribution is 7.13. The van der Waals surface area contributed by atoms with Gasteiger partial charge < -0.3 is 16.0 Å². The molecule has 3 N–H and O–H groups in total. The Morgan fingerprint density at radius 3 is 2.70 bits per heavy atom. The summed E-state index contributed by atoms with van der Waals surface area (Å²) in [6, 6.07) is 10.2. The van der Waals surface area contributed by atoms with E-state index in [0.29, 0.717) is 30.5 Å². The summed E-state index contributed by atoms with van der Waals surface area (Å²) in [5, 5.41) is 5.15. The van der Waals surface area contributed by atoms with E-state index in [1.807, 2.05) is 42.3 Å². The Labute approximate surface area is 163 Å². The van der Waals surface area contributed by atoms with Gasteiger partial charge in [0.15, 0.2) is 5.13 Å². The molecular weight excluding hydrogens is 360 g/mol. The first-order valence-electron chi connectivity index (χ1n) is 9.26. The van der Waals surface area contributed by atoms with Crippen LogP contribution in [0.1, 0.15) is 31.0 Å². The van der Waals surface area contributed by atoms with Crippen molar-refractivity contribution in [2.45, 2.75) is 26.2 Å². The number of carbonyl (C=O) groups is 2. The number of aromatic nitrogens is 1. The molecule has 2 aromatic rings. The first-order chi connectivity index (χ1) is 13.0. The van der Waals surface area contributed by atoms with Crippen molar-refractivity contribution in [3.63, 3.8) is 0 Å². The number of carbonyl (C=O) groups excluding carboxylic acids is 2. The molecule has 0 bridgehead atoms. The van der Waals surface area contributed by atoms with E-state index < -0.39 is 0 Å². The number of nitrogens with two attached hydrogens (primary N) is 1. The van der Waals surface area contributed by atoms with Gasteiger partial charge in [0, 0.05) is 30.3 Å². The van der Waals surface area contributed by atoms with Crippen LogP contribution in [0.3, 0.4) is 0 Å². The van der Waals surface area contributed by atoms with Crippen LogP contribution >= 0.6 is 11.3 Å². The van der Waals surface area contributed by atoms with Gasteiger partial charge in [-0.25, -0.2) is 4.98 Å². The van der Waals surface area contributed by atoms with Gasteiger partial charge in [0.1, 0.15) is 0 Å². The molecule has 1 aromatic carbocycles. The van der Waals surface area contributed by atoms with Crippen molar-refractivity contribution in [3.05, 3.63) is 47.0 Å². The second-order valence-electron chi connectivity index (χ2n) is 7.28. The van der Waals surface area contributed by atoms with Gasteiger partial charge in [-0.2, -0.15) is 0 Å². The first-order valence-corrected chi connectivity index (χ1v) is 10.1. The van der Waals surface area contributed by atoms with Crippen LogP contribution in [-0.4, -0.2) is 41.3 Å². The molecule has 1 aromatic heterocycles. The number of hydrogen-bond donors (Lipinski definition) is 2. The molecule has 3 rings (SSSR count). The molecule has 27 heavy (non-hydrogen) atoms. The van der Waals surface area contributed by atoms with Crippen molar-refractivity contribution in [1.82, 2.24) is 9.88 Å². The number of hydrogen-bond acceptors (Lipinski definition) is 5. The zero-order valence-electron chi connectivity index (χ0n) is 15.7. The van der Waals surface area contributed by atoms with Crippen LogP contribution in [0.15, 0.2) is 35.7 Å². The highest BCUT2D eigenvalue weighted by Gasteiger charge is 2.35. The van der Waals surface area contributed by atoms with Crippen LogP contribution in [-0.2, 0) is 16.0 Å². The van der Waals surface area contributed by atoms with Crippen LogP contribution in [0, 0.1) is 11.8 Å². The standard InChI is InChI=1S/C20H26N4O2S/c1-13(2)19(26)23-20-22-16(12-27-20)8-18(25)24-10-15(9-21)17(11-24)14-6-4-3-5-7-14/h3-7,12-13,15,17H,8-11,21H2,1-2H3,(H,22,23,26)/t15-,17+/m1/s1. The average molecular weight is 387 g/mol. The van der Waals surface area contributed by atoms with Crippen molar-refractivity contribution in [3.8, 4) is 0 Å². The summed E-state index contributed by atoms with van der Waals surface area (Å²) in [5.74, 6) is 0.424. The lowest BCUT2D eigenvalue weighted by Gasteiger charge is -2.16. The number of benzene rings is 1. The molecule has 2 atom stereocenters. The zero-order chi connectivity index (χ0) is 19.4. The third-order valence-corrected chi connectivity index (χ3v) is 5.77. The normalized spacial score (nSPS) is 19.5. The molecular formula is C20H26N4O2S. The molecule has 1 aliphatic rings. The quantitative estimate of drug-likeness (QED) is 0.798. The Bertz CT molecular complexity index is 790. The molecule has 0 saturated carbocycles. The van der Waals surface area contributed by atoms with Crippen LogP contribution in [0.2, 0.25) is 0 Å².